The van der Waals surface area contributed by atoms with E-state index in [0.29, 0.717) is 0 Å². The topological polar surface area (TPSA) is 48.3 Å². The predicted molar refractivity (Wildman–Crippen MR) is 127 cm³/mol. The SMILES string of the molecule is Cc1c(CNc2ccc3c(c2)OCC3)cccc1-n1c([C@H]2CCCO2)nc2ccccc21. The summed E-state index contributed by atoms with van der Waals surface area (Å²) in [6.07, 6.45) is 3.16. The molecule has 2 aliphatic heterocycles. The maximum atomic E-state index is 6.04. The van der Waals surface area contributed by atoms with Gasteiger partial charge in [0.2, 0.25) is 0 Å². The second-order valence-electron chi connectivity index (χ2n) is 8.63. The Morgan fingerprint density at radius 1 is 1.06 bits per heavy atom. The molecule has 1 saturated heterocycles. The molecular weight excluding hydrogens is 398 g/mol. The third kappa shape index (κ3) is 3.33. The van der Waals surface area contributed by atoms with Gasteiger partial charge in [0.05, 0.1) is 23.3 Å². The standard InChI is InChI=1S/C27H27N3O2/c1-18-20(17-28-21-12-11-19-13-15-32-26(19)16-21)6-4-9-23(18)30-24-8-3-2-7-22(24)29-27(30)25-10-5-14-31-25/h2-4,6-9,11-12,16,25,28H,5,10,13-15,17H2,1H3/t25-/m1/s1. The summed E-state index contributed by atoms with van der Waals surface area (Å²) < 4.78 is 14.1. The van der Waals surface area contributed by atoms with Crippen LogP contribution in [0.3, 0.4) is 0 Å². The number of benzene rings is 3. The van der Waals surface area contributed by atoms with Gasteiger partial charge < -0.3 is 14.8 Å². The maximum Gasteiger partial charge on any atom is 0.143 e. The van der Waals surface area contributed by atoms with Crippen LogP contribution in [0, 0.1) is 6.92 Å². The average Bonchev–Trinajstić information content (AvgIpc) is 3.57. The molecule has 0 bridgehead atoms. The van der Waals surface area contributed by atoms with E-state index in [0.717, 1.165) is 67.3 Å². The average molecular weight is 426 g/mol. The summed E-state index contributed by atoms with van der Waals surface area (Å²) in [5, 5.41) is 3.58. The molecule has 3 aromatic carbocycles. The van der Waals surface area contributed by atoms with Crippen molar-refractivity contribution in [2.45, 2.75) is 38.8 Å². The second kappa shape index (κ2) is 7.99. The first kappa shape index (κ1) is 19.4. The molecule has 6 rings (SSSR count). The lowest BCUT2D eigenvalue weighted by Gasteiger charge is -2.18. The highest BCUT2D eigenvalue weighted by Crippen LogP contribution is 2.34. The van der Waals surface area contributed by atoms with Crippen LogP contribution in [0.2, 0.25) is 0 Å². The Morgan fingerprint density at radius 2 is 2.00 bits per heavy atom. The number of fused-ring (bicyclic) bond motifs is 2. The van der Waals surface area contributed by atoms with Crippen LogP contribution in [0.15, 0.2) is 60.7 Å². The maximum absolute atomic E-state index is 6.04. The lowest BCUT2D eigenvalue weighted by molar-refractivity contribution is 0.104. The highest BCUT2D eigenvalue weighted by Gasteiger charge is 2.26. The number of anilines is 1. The fourth-order valence-corrected chi connectivity index (χ4v) is 4.87. The number of para-hydroxylation sites is 2. The van der Waals surface area contributed by atoms with Crippen molar-refractivity contribution in [2.75, 3.05) is 18.5 Å². The Labute approximate surface area is 188 Å². The predicted octanol–water partition coefficient (Wildman–Crippen LogP) is 5.73. The molecule has 1 atom stereocenters. The van der Waals surface area contributed by atoms with Crippen LogP contribution in [-0.2, 0) is 17.7 Å². The van der Waals surface area contributed by atoms with Crippen molar-refractivity contribution >= 4 is 16.7 Å². The first-order chi connectivity index (χ1) is 15.8. The van der Waals surface area contributed by atoms with Gasteiger partial charge in [0.15, 0.2) is 0 Å². The molecule has 0 spiro atoms. The van der Waals surface area contributed by atoms with E-state index < -0.39 is 0 Å². The fourth-order valence-electron chi connectivity index (χ4n) is 4.87. The summed E-state index contributed by atoms with van der Waals surface area (Å²) in [7, 11) is 0. The summed E-state index contributed by atoms with van der Waals surface area (Å²) in [6.45, 7) is 4.54. The Kier molecular flexibility index (Phi) is 4.84. The van der Waals surface area contributed by atoms with Crippen molar-refractivity contribution in [1.82, 2.24) is 9.55 Å². The van der Waals surface area contributed by atoms with Gasteiger partial charge >= 0.3 is 0 Å². The minimum Gasteiger partial charge on any atom is -0.493 e. The number of ether oxygens (including phenoxy) is 2. The van der Waals surface area contributed by atoms with Crippen molar-refractivity contribution in [1.29, 1.82) is 0 Å². The highest BCUT2D eigenvalue weighted by atomic mass is 16.5. The van der Waals surface area contributed by atoms with Crippen LogP contribution in [0.1, 0.15) is 41.5 Å². The normalized spacial score (nSPS) is 17.5. The van der Waals surface area contributed by atoms with E-state index >= 15 is 0 Å². The largest absolute Gasteiger partial charge is 0.493 e. The Bertz CT molecular complexity index is 1290. The van der Waals surface area contributed by atoms with Gasteiger partial charge in [0, 0.05) is 31.3 Å². The van der Waals surface area contributed by atoms with Gasteiger partial charge in [-0.25, -0.2) is 4.98 Å². The van der Waals surface area contributed by atoms with Gasteiger partial charge in [0.1, 0.15) is 17.7 Å². The van der Waals surface area contributed by atoms with Gasteiger partial charge in [-0.2, -0.15) is 0 Å². The second-order valence-corrected chi connectivity index (χ2v) is 8.63. The Hall–Kier alpha value is -3.31. The molecule has 162 valence electrons. The zero-order valence-corrected chi connectivity index (χ0v) is 18.3. The molecule has 0 unspecified atom stereocenters. The highest BCUT2D eigenvalue weighted by molar-refractivity contribution is 5.79. The Morgan fingerprint density at radius 3 is 2.91 bits per heavy atom. The van der Waals surface area contributed by atoms with Gasteiger partial charge in [-0.05, 0) is 60.7 Å². The van der Waals surface area contributed by atoms with E-state index in [1.807, 2.05) is 6.07 Å². The van der Waals surface area contributed by atoms with Crippen molar-refractivity contribution in [3.63, 3.8) is 0 Å². The molecule has 0 radical (unpaired) electrons. The molecule has 0 amide bonds. The van der Waals surface area contributed by atoms with E-state index in [-0.39, 0.29) is 6.10 Å². The summed E-state index contributed by atoms with van der Waals surface area (Å²) in [5.74, 6) is 2.01. The van der Waals surface area contributed by atoms with Crippen LogP contribution in [0.5, 0.6) is 5.75 Å². The van der Waals surface area contributed by atoms with E-state index in [9.17, 15) is 0 Å². The van der Waals surface area contributed by atoms with Gasteiger partial charge in [-0.15, -0.1) is 0 Å². The molecule has 5 nitrogen and oxygen atoms in total. The van der Waals surface area contributed by atoms with Crippen LogP contribution >= 0.6 is 0 Å². The van der Waals surface area contributed by atoms with Gasteiger partial charge in [0.25, 0.3) is 0 Å². The molecule has 1 N–H and O–H groups in total. The fraction of sp³-hybridized carbons (Fsp3) is 0.296. The minimum absolute atomic E-state index is 0.0509. The number of imidazole rings is 1. The number of rotatable bonds is 5. The molecule has 4 aromatic rings. The lowest BCUT2D eigenvalue weighted by Crippen LogP contribution is -2.10. The van der Waals surface area contributed by atoms with Crippen LogP contribution in [0.4, 0.5) is 5.69 Å². The van der Waals surface area contributed by atoms with Crippen LogP contribution in [-0.4, -0.2) is 22.8 Å². The molecule has 5 heteroatoms. The molecule has 3 heterocycles. The number of aromatic nitrogens is 2. The molecule has 32 heavy (non-hydrogen) atoms. The first-order valence-corrected chi connectivity index (χ1v) is 11.5. The van der Waals surface area contributed by atoms with Crippen LogP contribution in [0.25, 0.3) is 16.7 Å². The molecule has 1 aromatic heterocycles. The monoisotopic (exact) mass is 425 g/mol. The lowest BCUT2D eigenvalue weighted by atomic mass is 10.1. The number of nitrogens with one attached hydrogen (secondary N) is 1. The third-order valence-corrected chi connectivity index (χ3v) is 6.64. The molecule has 0 aliphatic carbocycles. The zero-order chi connectivity index (χ0) is 21.5. The first-order valence-electron chi connectivity index (χ1n) is 11.5. The summed E-state index contributed by atoms with van der Waals surface area (Å²) in [6, 6.07) is 21.3. The van der Waals surface area contributed by atoms with Crippen molar-refractivity contribution in [3.8, 4) is 11.4 Å². The molecule has 2 aliphatic rings. The molecular formula is C27H27N3O2. The number of hydrogen-bond acceptors (Lipinski definition) is 4. The quantitative estimate of drug-likeness (QED) is 0.443. The summed E-state index contributed by atoms with van der Waals surface area (Å²) in [5.41, 5.74) is 8.20. The zero-order valence-electron chi connectivity index (χ0n) is 18.3. The van der Waals surface area contributed by atoms with E-state index in [4.69, 9.17) is 14.5 Å². The summed E-state index contributed by atoms with van der Waals surface area (Å²) >= 11 is 0. The Balaban J connectivity index is 1.36. The van der Waals surface area contributed by atoms with E-state index in [1.54, 1.807) is 0 Å². The van der Waals surface area contributed by atoms with Crippen molar-refractivity contribution in [2.24, 2.45) is 0 Å². The minimum atomic E-state index is 0.0509. The van der Waals surface area contributed by atoms with E-state index in [2.05, 4.69) is 71.4 Å². The van der Waals surface area contributed by atoms with Crippen molar-refractivity contribution in [3.05, 3.63) is 83.2 Å². The summed E-state index contributed by atoms with van der Waals surface area (Å²) in [4.78, 5) is 4.98. The smallest absolute Gasteiger partial charge is 0.143 e. The van der Waals surface area contributed by atoms with Crippen molar-refractivity contribution < 1.29 is 9.47 Å². The molecule has 1 fully saturated rings. The number of hydrogen-bond donors (Lipinski definition) is 1. The molecule has 0 saturated carbocycles. The van der Waals surface area contributed by atoms with Gasteiger partial charge in [-0.1, -0.05) is 30.3 Å². The number of nitrogens with zero attached hydrogens (tertiary/aromatic N) is 2. The van der Waals surface area contributed by atoms with Gasteiger partial charge in [-0.3, -0.25) is 4.57 Å². The third-order valence-electron chi connectivity index (χ3n) is 6.64. The van der Waals surface area contributed by atoms with Crippen LogP contribution < -0.4 is 10.1 Å². The van der Waals surface area contributed by atoms with E-state index in [1.165, 1.54) is 22.4 Å².